The van der Waals surface area contributed by atoms with Gasteiger partial charge in [0.05, 0.1) is 12.0 Å². The number of anilines is 1. The minimum Gasteiger partial charge on any atom is -0.497 e. The number of nitrogens with zero attached hydrogens (tertiary/aromatic N) is 2. The third kappa shape index (κ3) is 2.93. The van der Waals surface area contributed by atoms with Crippen LogP contribution in [0.4, 0.5) is 5.69 Å². The van der Waals surface area contributed by atoms with Crippen molar-refractivity contribution in [1.29, 1.82) is 0 Å². The number of nitrogens with one attached hydrogen (secondary N) is 1. The van der Waals surface area contributed by atoms with Gasteiger partial charge in [-0.2, -0.15) is 0 Å². The van der Waals surface area contributed by atoms with Gasteiger partial charge >= 0.3 is 0 Å². The monoisotopic (exact) mass is 317 g/mol. The number of carbonyl (C=O) groups is 1. The lowest BCUT2D eigenvalue weighted by Crippen LogP contribution is -2.11. The first-order valence-electron chi connectivity index (χ1n) is 6.09. The summed E-state index contributed by atoms with van der Waals surface area (Å²) in [5.74, 6) is 0.468. The van der Waals surface area contributed by atoms with E-state index in [2.05, 4.69) is 14.9 Å². The largest absolute Gasteiger partial charge is 0.497 e. The van der Waals surface area contributed by atoms with Crippen LogP contribution in [0, 0.1) is 0 Å². The molecule has 106 valence electrons. The first-order chi connectivity index (χ1) is 10.3. The summed E-state index contributed by atoms with van der Waals surface area (Å²) < 4.78 is 9.03. The number of rotatable bonds is 4. The van der Waals surface area contributed by atoms with Gasteiger partial charge in [0.2, 0.25) is 0 Å². The van der Waals surface area contributed by atoms with Crippen LogP contribution in [-0.4, -0.2) is 22.6 Å². The van der Waals surface area contributed by atoms with Gasteiger partial charge in [-0.1, -0.05) is 16.6 Å². The molecule has 0 unspecified atom stereocenters. The molecule has 0 aliphatic carbocycles. The molecule has 0 saturated carbocycles. The number of aromatic nitrogens is 2. The molecule has 2 aromatic heterocycles. The Morgan fingerprint density at radius 1 is 1.29 bits per heavy atom. The topological polar surface area (TPSA) is 64.1 Å². The van der Waals surface area contributed by atoms with E-state index < -0.39 is 0 Å². The van der Waals surface area contributed by atoms with E-state index in [0.717, 1.165) is 16.4 Å². The van der Waals surface area contributed by atoms with Crippen LogP contribution in [0.5, 0.6) is 5.75 Å². The molecule has 0 atom stereocenters. The molecule has 0 spiro atoms. The number of thiophene rings is 1. The minimum absolute atomic E-state index is 0.221. The van der Waals surface area contributed by atoms with Crippen molar-refractivity contribution in [3.8, 4) is 16.3 Å². The van der Waals surface area contributed by atoms with Gasteiger partial charge in [0.1, 0.15) is 16.3 Å². The number of methoxy groups -OCH3 is 1. The van der Waals surface area contributed by atoms with Gasteiger partial charge in [0.15, 0.2) is 0 Å². The summed E-state index contributed by atoms with van der Waals surface area (Å²) in [6, 6.07) is 11.0. The van der Waals surface area contributed by atoms with Crippen molar-refractivity contribution in [2.45, 2.75) is 0 Å². The van der Waals surface area contributed by atoms with E-state index in [1.807, 2.05) is 29.6 Å². The summed E-state index contributed by atoms with van der Waals surface area (Å²) in [7, 11) is 1.59. The van der Waals surface area contributed by atoms with Gasteiger partial charge in [-0.3, -0.25) is 4.79 Å². The number of hydrogen-bond donors (Lipinski definition) is 1. The fraction of sp³-hybridized carbons (Fsp3) is 0.0714. The van der Waals surface area contributed by atoms with E-state index in [0.29, 0.717) is 22.0 Å². The predicted octanol–water partition coefficient (Wildman–Crippen LogP) is 3.53. The molecule has 1 amide bonds. The zero-order chi connectivity index (χ0) is 14.7. The van der Waals surface area contributed by atoms with Crippen LogP contribution in [0.3, 0.4) is 0 Å². The zero-order valence-electron chi connectivity index (χ0n) is 11.1. The number of carbonyl (C=O) groups excluding carboxylic acids is 1. The highest BCUT2D eigenvalue weighted by atomic mass is 32.1. The minimum atomic E-state index is -0.221. The first kappa shape index (κ1) is 13.7. The lowest BCUT2D eigenvalue weighted by molar-refractivity contribution is 0.103. The second-order valence-electron chi connectivity index (χ2n) is 4.11. The van der Waals surface area contributed by atoms with Crippen molar-refractivity contribution in [3.63, 3.8) is 0 Å². The molecule has 7 heteroatoms. The van der Waals surface area contributed by atoms with Gasteiger partial charge in [-0.05, 0) is 35.1 Å². The Morgan fingerprint density at radius 2 is 2.19 bits per heavy atom. The Morgan fingerprint density at radius 3 is 2.95 bits per heavy atom. The van der Waals surface area contributed by atoms with Crippen LogP contribution in [0.15, 0.2) is 41.8 Å². The maximum absolute atomic E-state index is 12.4. The highest BCUT2D eigenvalue weighted by Gasteiger charge is 2.18. The Labute approximate surface area is 129 Å². The molecule has 3 aromatic rings. The third-order valence-corrected chi connectivity index (χ3v) is 4.38. The van der Waals surface area contributed by atoms with E-state index in [1.165, 1.54) is 11.3 Å². The lowest BCUT2D eigenvalue weighted by Gasteiger charge is -2.06. The van der Waals surface area contributed by atoms with Crippen molar-refractivity contribution < 1.29 is 9.53 Å². The van der Waals surface area contributed by atoms with Crippen molar-refractivity contribution >= 4 is 34.5 Å². The van der Waals surface area contributed by atoms with Crippen molar-refractivity contribution in [2.24, 2.45) is 0 Å². The highest BCUT2D eigenvalue weighted by Crippen LogP contribution is 2.28. The molecule has 1 N–H and O–H groups in total. The Hall–Kier alpha value is -2.25. The van der Waals surface area contributed by atoms with Crippen LogP contribution in [-0.2, 0) is 0 Å². The van der Waals surface area contributed by atoms with Crippen molar-refractivity contribution in [3.05, 3.63) is 46.7 Å². The van der Waals surface area contributed by atoms with Crippen LogP contribution < -0.4 is 10.1 Å². The molecule has 0 bridgehead atoms. The third-order valence-electron chi connectivity index (χ3n) is 2.78. The summed E-state index contributed by atoms with van der Waals surface area (Å²) in [5, 5.41) is 8.83. The molecule has 21 heavy (non-hydrogen) atoms. The summed E-state index contributed by atoms with van der Waals surface area (Å²) in [5.41, 5.74) is 1.29. The van der Waals surface area contributed by atoms with Gasteiger partial charge in [0.25, 0.3) is 5.91 Å². The van der Waals surface area contributed by atoms with Gasteiger partial charge in [-0.25, -0.2) is 0 Å². The van der Waals surface area contributed by atoms with E-state index in [9.17, 15) is 4.79 Å². The summed E-state index contributed by atoms with van der Waals surface area (Å²) in [6.45, 7) is 0. The average Bonchev–Trinajstić information content (AvgIpc) is 3.18. The predicted molar refractivity (Wildman–Crippen MR) is 84.2 cm³/mol. The first-order valence-corrected chi connectivity index (χ1v) is 7.75. The molecule has 2 heterocycles. The van der Waals surface area contributed by atoms with E-state index >= 15 is 0 Å². The summed E-state index contributed by atoms with van der Waals surface area (Å²) >= 11 is 2.62. The zero-order valence-corrected chi connectivity index (χ0v) is 12.7. The Balaban J connectivity index is 1.85. The summed E-state index contributed by atoms with van der Waals surface area (Å²) in [4.78, 5) is 13.8. The number of hydrogen-bond acceptors (Lipinski definition) is 6. The van der Waals surface area contributed by atoms with Crippen LogP contribution in [0.1, 0.15) is 9.67 Å². The van der Waals surface area contributed by atoms with E-state index in [4.69, 9.17) is 4.74 Å². The SMILES string of the molecule is COc1cccc(NC(=O)c2snnc2-c2cccs2)c1. The second kappa shape index (κ2) is 6.02. The molecule has 0 fully saturated rings. The van der Waals surface area contributed by atoms with Crippen LogP contribution in [0.25, 0.3) is 10.6 Å². The average molecular weight is 317 g/mol. The molecular formula is C14H11N3O2S2. The molecule has 5 nitrogen and oxygen atoms in total. The molecule has 3 rings (SSSR count). The number of amides is 1. The van der Waals surface area contributed by atoms with E-state index in [1.54, 1.807) is 19.2 Å². The van der Waals surface area contributed by atoms with Crippen molar-refractivity contribution in [1.82, 2.24) is 9.59 Å². The molecule has 0 aliphatic rings. The highest BCUT2D eigenvalue weighted by molar-refractivity contribution is 7.14. The molecule has 0 saturated heterocycles. The quantitative estimate of drug-likeness (QED) is 0.799. The molecule has 1 aromatic carbocycles. The maximum atomic E-state index is 12.4. The normalized spacial score (nSPS) is 10.3. The molecule has 0 aliphatic heterocycles. The smallest absolute Gasteiger partial charge is 0.269 e. The Bertz CT molecular complexity index is 753. The fourth-order valence-electron chi connectivity index (χ4n) is 1.80. The number of benzene rings is 1. The maximum Gasteiger partial charge on any atom is 0.269 e. The fourth-order valence-corrected chi connectivity index (χ4v) is 3.16. The van der Waals surface area contributed by atoms with E-state index in [-0.39, 0.29) is 5.91 Å². The van der Waals surface area contributed by atoms with Crippen LogP contribution >= 0.6 is 22.9 Å². The Kier molecular flexibility index (Phi) is 3.94. The number of ether oxygens (including phenoxy) is 1. The molecule has 0 radical (unpaired) electrons. The molecular weight excluding hydrogens is 306 g/mol. The lowest BCUT2D eigenvalue weighted by atomic mass is 10.2. The van der Waals surface area contributed by atoms with Crippen LogP contribution in [0.2, 0.25) is 0 Å². The van der Waals surface area contributed by atoms with Gasteiger partial charge < -0.3 is 10.1 Å². The second-order valence-corrected chi connectivity index (χ2v) is 5.82. The standard InChI is InChI=1S/C14H11N3O2S2/c1-19-10-5-2-4-9(8-10)15-14(18)13-12(16-17-21-13)11-6-3-7-20-11/h2-8H,1H3,(H,15,18). The van der Waals surface area contributed by atoms with Crippen molar-refractivity contribution in [2.75, 3.05) is 12.4 Å². The summed E-state index contributed by atoms with van der Waals surface area (Å²) in [6.07, 6.45) is 0. The van der Waals surface area contributed by atoms with Gasteiger partial charge in [0, 0.05) is 11.8 Å². The van der Waals surface area contributed by atoms with Gasteiger partial charge in [-0.15, -0.1) is 16.4 Å².